The summed E-state index contributed by atoms with van der Waals surface area (Å²) in [6, 6.07) is 0. The van der Waals surface area contributed by atoms with Crippen molar-refractivity contribution < 1.29 is 0 Å². The Hall–Kier alpha value is -0.170. The Balaban J connectivity index is 1.90. The summed E-state index contributed by atoms with van der Waals surface area (Å²) in [5.74, 6) is 1.33. The molecule has 1 rings (SSSR count). The Morgan fingerprint density at radius 1 is 1.33 bits per heavy atom. The maximum atomic E-state index is 2.29. The third-order valence-corrected chi connectivity index (χ3v) is 2.78. The molecule has 1 fully saturated rings. The summed E-state index contributed by atoms with van der Waals surface area (Å²) in [6.45, 7) is 2.24. The first-order valence-corrected chi connectivity index (χ1v) is 5.93. The van der Waals surface area contributed by atoms with Crippen LogP contribution in [0.3, 0.4) is 0 Å². The molecule has 0 spiro atoms. The van der Waals surface area contributed by atoms with E-state index in [2.05, 4.69) is 31.2 Å². The molecule has 1 heteroatoms. The van der Waals surface area contributed by atoms with E-state index in [-0.39, 0.29) is 0 Å². The smallest absolute Gasteiger partial charge is 0.0321 e. The summed E-state index contributed by atoms with van der Waals surface area (Å²) >= 11 is 2.02. The van der Waals surface area contributed by atoms with Crippen LogP contribution >= 0.6 is 11.8 Å². The van der Waals surface area contributed by atoms with Gasteiger partial charge in [-0.05, 0) is 12.8 Å². The third-order valence-electron chi connectivity index (χ3n) is 1.91. The van der Waals surface area contributed by atoms with Gasteiger partial charge < -0.3 is 0 Å². The zero-order valence-electron chi connectivity index (χ0n) is 7.83. The molecule has 0 aromatic carbocycles. The number of hydrogen-bond acceptors (Lipinski definition) is 1. The van der Waals surface area contributed by atoms with Crippen LogP contribution in [0.4, 0.5) is 0 Å². The first-order chi connectivity index (χ1) is 5.93. The van der Waals surface area contributed by atoms with Crippen LogP contribution in [0.25, 0.3) is 0 Å². The van der Waals surface area contributed by atoms with Crippen molar-refractivity contribution >= 4 is 11.8 Å². The highest BCUT2D eigenvalue weighted by Gasteiger charge is 2.17. The lowest BCUT2D eigenvalue weighted by Gasteiger charge is -1.89. The van der Waals surface area contributed by atoms with E-state index < -0.39 is 0 Å². The minimum atomic E-state index is 0.838. The van der Waals surface area contributed by atoms with Crippen molar-refractivity contribution in [1.29, 1.82) is 0 Å². The Morgan fingerprint density at radius 3 is 2.83 bits per heavy atom. The molecule has 1 saturated heterocycles. The lowest BCUT2D eigenvalue weighted by atomic mass is 10.2. The summed E-state index contributed by atoms with van der Waals surface area (Å²) in [4.78, 5) is 0. The first-order valence-electron chi connectivity index (χ1n) is 4.88. The van der Waals surface area contributed by atoms with E-state index >= 15 is 0 Å². The van der Waals surface area contributed by atoms with Crippen LogP contribution in [0.5, 0.6) is 0 Å². The molecule has 0 bridgehead atoms. The van der Waals surface area contributed by atoms with Crippen LogP contribution in [0.15, 0.2) is 24.3 Å². The molecule has 1 aliphatic rings. The van der Waals surface area contributed by atoms with Crippen LogP contribution in [0.2, 0.25) is 0 Å². The Labute approximate surface area is 80.1 Å². The molecule has 0 aromatic rings. The Bertz CT molecular complexity index is 154. The summed E-state index contributed by atoms with van der Waals surface area (Å²) in [6.07, 6.45) is 14.2. The largest absolute Gasteiger partial charge is 0.152 e. The quantitative estimate of drug-likeness (QED) is 0.342. The van der Waals surface area contributed by atoms with Gasteiger partial charge in [0.15, 0.2) is 0 Å². The maximum absolute atomic E-state index is 2.29. The van der Waals surface area contributed by atoms with Gasteiger partial charge in [0.1, 0.15) is 0 Å². The first kappa shape index (κ1) is 9.91. The van der Waals surface area contributed by atoms with Crippen LogP contribution in [0.1, 0.15) is 32.6 Å². The van der Waals surface area contributed by atoms with E-state index in [0.717, 1.165) is 5.25 Å². The van der Waals surface area contributed by atoms with Crippen LogP contribution in [0, 0.1) is 0 Å². The molecule has 0 aliphatic carbocycles. The van der Waals surface area contributed by atoms with E-state index in [1.54, 1.807) is 0 Å². The van der Waals surface area contributed by atoms with Gasteiger partial charge in [-0.25, -0.2) is 0 Å². The molecular formula is C11H18S. The molecule has 68 valence electrons. The highest BCUT2D eigenvalue weighted by Crippen LogP contribution is 2.30. The minimum absolute atomic E-state index is 0.838. The van der Waals surface area contributed by atoms with Crippen molar-refractivity contribution in [1.82, 2.24) is 0 Å². The van der Waals surface area contributed by atoms with E-state index in [1.165, 1.54) is 31.4 Å². The monoisotopic (exact) mass is 182 g/mol. The van der Waals surface area contributed by atoms with Gasteiger partial charge in [0.2, 0.25) is 0 Å². The summed E-state index contributed by atoms with van der Waals surface area (Å²) in [5.41, 5.74) is 0. The zero-order chi connectivity index (χ0) is 8.65. The third kappa shape index (κ3) is 5.48. The Morgan fingerprint density at radius 2 is 2.17 bits per heavy atom. The SMILES string of the molecule is CCCCC/C=C/C=C/C1CS1. The molecule has 1 heterocycles. The van der Waals surface area contributed by atoms with Crippen LogP contribution < -0.4 is 0 Å². The van der Waals surface area contributed by atoms with E-state index in [9.17, 15) is 0 Å². The number of allylic oxidation sites excluding steroid dienone is 3. The van der Waals surface area contributed by atoms with Gasteiger partial charge in [0.05, 0.1) is 0 Å². The molecule has 1 atom stereocenters. The fourth-order valence-corrected chi connectivity index (χ4v) is 1.47. The van der Waals surface area contributed by atoms with Gasteiger partial charge in [-0.1, -0.05) is 44.1 Å². The second kappa shape index (κ2) is 6.36. The second-order valence-electron chi connectivity index (χ2n) is 3.18. The lowest BCUT2D eigenvalue weighted by molar-refractivity contribution is 0.729. The van der Waals surface area contributed by atoms with Gasteiger partial charge >= 0.3 is 0 Å². The van der Waals surface area contributed by atoms with Crippen molar-refractivity contribution in [3.8, 4) is 0 Å². The average molecular weight is 182 g/mol. The predicted molar refractivity (Wildman–Crippen MR) is 58.7 cm³/mol. The lowest BCUT2D eigenvalue weighted by Crippen LogP contribution is -1.71. The molecular weight excluding hydrogens is 164 g/mol. The molecule has 0 saturated carbocycles. The summed E-state index contributed by atoms with van der Waals surface area (Å²) in [7, 11) is 0. The Kier molecular flexibility index (Phi) is 5.25. The predicted octanol–water partition coefficient (Wildman–Crippen LogP) is 3.79. The zero-order valence-corrected chi connectivity index (χ0v) is 8.65. The standard InChI is InChI=1S/C11H18S/c1-2-3-4-5-6-7-8-9-11-10-12-11/h6-9,11H,2-5,10H2,1H3/b7-6+,9-8+. The molecule has 0 radical (unpaired) electrons. The van der Waals surface area contributed by atoms with Crippen molar-refractivity contribution in [3.63, 3.8) is 0 Å². The highest BCUT2D eigenvalue weighted by atomic mass is 32.2. The topological polar surface area (TPSA) is 0 Å². The molecule has 0 aromatic heterocycles. The second-order valence-corrected chi connectivity index (χ2v) is 4.45. The number of thioether (sulfide) groups is 1. The van der Waals surface area contributed by atoms with E-state index in [0.29, 0.717) is 0 Å². The maximum Gasteiger partial charge on any atom is 0.0321 e. The van der Waals surface area contributed by atoms with Gasteiger partial charge in [-0.2, -0.15) is 11.8 Å². The van der Waals surface area contributed by atoms with Crippen molar-refractivity contribution in [2.45, 2.75) is 37.9 Å². The van der Waals surface area contributed by atoms with Gasteiger partial charge in [-0.15, -0.1) is 0 Å². The molecule has 0 N–H and O–H groups in total. The van der Waals surface area contributed by atoms with E-state index in [1.807, 2.05) is 11.8 Å². The van der Waals surface area contributed by atoms with Crippen LogP contribution in [-0.4, -0.2) is 11.0 Å². The van der Waals surface area contributed by atoms with Crippen molar-refractivity contribution in [2.75, 3.05) is 5.75 Å². The number of hydrogen-bond donors (Lipinski definition) is 0. The van der Waals surface area contributed by atoms with Gasteiger partial charge in [-0.3, -0.25) is 0 Å². The molecule has 0 nitrogen and oxygen atoms in total. The molecule has 0 amide bonds. The number of unbranched alkanes of at least 4 members (excludes halogenated alkanes) is 3. The van der Waals surface area contributed by atoms with Crippen molar-refractivity contribution in [3.05, 3.63) is 24.3 Å². The molecule has 1 aliphatic heterocycles. The minimum Gasteiger partial charge on any atom is -0.152 e. The van der Waals surface area contributed by atoms with Gasteiger partial charge in [0.25, 0.3) is 0 Å². The molecule has 1 unspecified atom stereocenters. The number of rotatable bonds is 6. The normalized spacial score (nSPS) is 22.6. The molecule has 12 heavy (non-hydrogen) atoms. The van der Waals surface area contributed by atoms with E-state index in [4.69, 9.17) is 0 Å². The van der Waals surface area contributed by atoms with Crippen molar-refractivity contribution in [2.24, 2.45) is 0 Å². The fraction of sp³-hybridized carbons (Fsp3) is 0.636. The van der Waals surface area contributed by atoms with Gasteiger partial charge in [0, 0.05) is 11.0 Å². The average Bonchev–Trinajstić information content (AvgIpc) is 2.87. The van der Waals surface area contributed by atoms with Crippen LogP contribution in [-0.2, 0) is 0 Å². The summed E-state index contributed by atoms with van der Waals surface area (Å²) in [5, 5.41) is 0.838. The highest BCUT2D eigenvalue weighted by molar-refractivity contribution is 8.07. The summed E-state index contributed by atoms with van der Waals surface area (Å²) < 4.78 is 0. The fourth-order valence-electron chi connectivity index (χ4n) is 1.04.